The Balaban J connectivity index is 1.49. The van der Waals surface area contributed by atoms with E-state index in [4.69, 9.17) is 4.42 Å². The Morgan fingerprint density at radius 1 is 1.23 bits per heavy atom. The van der Waals surface area contributed by atoms with Gasteiger partial charge in [0.05, 0.1) is 24.5 Å². The van der Waals surface area contributed by atoms with Crippen LogP contribution in [0.25, 0.3) is 0 Å². The fourth-order valence-electron chi connectivity index (χ4n) is 3.71. The molecule has 2 aromatic heterocycles. The monoisotopic (exact) mass is 349 g/mol. The molecule has 0 aliphatic carbocycles. The molecule has 0 N–H and O–H groups in total. The molecule has 0 saturated carbocycles. The van der Waals surface area contributed by atoms with Crippen LogP contribution in [-0.2, 0) is 6.54 Å². The average Bonchev–Trinajstić information content (AvgIpc) is 3.36. The van der Waals surface area contributed by atoms with Crippen molar-refractivity contribution in [3.63, 3.8) is 0 Å². The number of hydrogen-bond donors (Lipinski definition) is 0. The molecule has 0 spiro atoms. The van der Waals surface area contributed by atoms with Gasteiger partial charge in [0.15, 0.2) is 0 Å². The van der Waals surface area contributed by atoms with Gasteiger partial charge in [-0.15, -0.1) is 0 Å². The summed E-state index contributed by atoms with van der Waals surface area (Å²) in [7, 11) is 0. The first-order valence-electron chi connectivity index (χ1n) is 9.06. The zero-order valence-electron chi connectivity index (χ0n) is 15.2. The van der Waals surface area contributed by atoms with E-state index in [-0.39, 0.29) is 11.9 Å². The first-order valence-corrected chi connectivity index (χ1v) is 9.06. The Labute approximate surface area is 153 Å². The molecule has 1 aliphatic rings. The highest BCUT2D eigenvalue weighted by atomic mass is 16.3. The van der Waals surface area contributed by atoms with Gasteiger partial charge in [-0.25, -0.2) is 0 Å². The third-order valence-corrected chi connectivity index (χ3v) is 5.02. The maximum atomic E-state index is 12.9. The Bertz CT molecular complexity index is 894. The van der Waals surface area contributed by atoms with Crippen molar-refractivity contribution >= 4 is 5.91 Å². The third kappa shape index (κ3) is 3.17. The number of benzene rings is 1. The van der Waals surface area contributed by atoms with E-state index in [2.05, 4.69) is 18.1 Å². The number of rotatable bonds is 4. The number of carbonyl (C=O) groups excluding carboxylic acids is 1. The molecule has 1 amide bonds. The van der Waals surface area contributed by atoms with E-state index in [1.807, 2.05) is 52.9 Å². The van der Waals surface area contributed by atoms with Crippen LogP contribution < -0.4 is 0 Å². The number of aromatic nitrogens is 2. The van der Waals surface area contributed by atoms with Crippen molar-refractivity contribution in [2.24, 2.45) is 0 Å². The highest BCUT2D eigenvalue weighted by Gasteiger charge is 2.32. The Kier molecular flexibility index (Phi) is 4.37. The van der Waals surface area contributed by atoms with Crippen LogP contribution in [0.3, 0.4) is 0 Å². The second kappa shape index (κ2) is 6.83. The van der Waals surface area contributed by atoms with Gasteiger partial charge in [-0.05, 0) is 62.6 Å². The largest absolute Gasteiger partial charge is 0.467 e. The highest BCUT2D eigenvalue weighted by Crippen LogP contribution is 2.33. The van der Waals surface area contributed by atoms with Crippen LogP contribution in [0.5, 0.6) is 0 Å². The van der Waals surface area contributed by atoms with E-state index in [9.17, 15) is 4.79 Å². The molecule has 1 atom stereocenters. The Morgan fingerprint density at radius 2 is 2.04 bits per heavy atom. The topological polar surface area (TPSA) is 51.3 Å². The van der Waals surface area contributed by atoms with Crippen LogP contribution in [0.4, 0.5) is 0 Å². The fraction of sp³-hybridized carbons (Fsp3) is 0.333. The van der Waals surface area contributed by atoms with Crippen molar-refractivity contribution in [1.82, 2.24) is 14.7 Å². The minimum absolute atomic E-state index is 0.0480. The molecule has 1 aliphatic heterocycles. The van der Waals surface area contributed by atoms with Crippen LogP contribution >= 0.6 is 0 Å². The molecule has 3 aromatic rings. The van der Waals surface area contributed by atoms with Crippen molar-refractivity contribution in [2.45, 2.75) is 39.3 Å². The first-order chi connectivity index (χ1) is 12.6. The summed E-state index contributed by atoms with van der Waals surface area (Å²) in [5, 5.41) is 4.50. The van der Waals surface area contributed by atoms with Crippen LogP contribution in [0.15, 0.2) is 53.1 Å². The summed E-state index contributed by atoms with van der Waals surface area (Å²) >= 11 is 0. The van der Waals surface area contributed by atoms with E-state index < -0.39 is 0 Å². The molecule has 0 unspecified atom stereocenters. The molecular weight excluding hydrogens is 326 g/mol. The summed E-state index contributed by atoms with van der Waals surface area (Å²) in [6.07, 6.45) is 3.63. The van der Waals surface area contributed by atoms with Crippen molar-refractivity contribution in [3.05, 3.63) is 77.0 Å². The molecule has 1 aromatic carbocycles. The number of nitrogens with zero attached hydrogens (tertiary/aromatic N) is 3. The smallest absolute Gasteiger partial charge is 0.254 e. The van der Waals surface area contributed by atoms with Gasteiger partial charge in [-0.2, -0.15) is 5.10 Å². The quantitative estimate of drug-likeness (QED) is 0.712. The van der Waals surface area contributed by atoms with Gasteiger partial charge in [0, 0.05) is 17.8 Å². The van der Waals surface area contributed by atoms with Crippen LogP contribution in [-0.4, -0.2) is 27.1 Å². The number of carbonyl (C=O) groups is 1. The lowest BCUT2D eigenvalue weighted by atomic mass is 10.1. The predicted molar refractivity (Wildman–Crippen MR) is 99.0 cm³/mol. The second-order valence-corrected chi connectivity index (χ2v) is 6.95. The Hall–Kier alpha value is -2.82. The molecule has 1 saturated heterocycles. The van der Waals surface area contributed by atoms with Crippen molar-refractivity contribution in [1.29, 1.82) is 0 Å². The van der Waals surface area contributed by atoms with Gasteiger partial charge < -0.3 is 9.32 Å². The highest BCUT2D eigenvalue weighted by molar-refractivity contribution is 5.94. The first kappa shape index (κ1) is 16.6. The zero-order chi connectivity index (χ0) is 18.1. The third-order valence-electron chi connectivity index (χ3n) is 5.02. The summed E-state index contributed by atoms with van der Waals surface area (Å²) < 4.78 is 7.51. The van der Waals surface area contributed by atoms with E-state index in [1.165, 1.54) is 0 Å². The van der Waals surface area contributed by atoms with Crippen LogP contribution in [0, 0.1) is 13.8 Å². The average molecular weight is 349 g/mol. The predicted octanol–water partition coefficient (Wildman–Crippen LogP) is 4.12. The summed E-state index contributed by atoms with van der Waals surface area (Å²) in [4.78, 5) is 14.9. The van der Waals surface area contributed by atoms with Crippen molar-refractivity contribution in [2.75, 3.05) is 6.54 Å². The molecule has 0 bridgehead atoms. The zero-order valence-corrected chi connectivity index (χ0v) is 15.2. The molecule has 0 radical (unpaired) electrons. The van der Waals surface area contributed by atoms with Crippen LogP contribution in [0.2, 0.25) is 0 Å². The summed E-state index contributed by atoms with van der Waals surface area (Å²) in [5.41, 5.74) is 4.02. The van der Waals surface area contributed by atoms with E-state index >= 15 is 0 Å². The molecule has 26 heavy (non-hydrogen) atoms. The van der Waals surface area contributed by atoms with E-state index in [0.717, 1.165) is 47.7 Å². The molecule has 5 nitrogen and oxygen atoms in total. The lowest BCUT2D eigenvalue weighted by Gasteiger charge is -2.23. The Morgan fingerprint density at radius 3 is 2.69 bits per heavy atom. The van der Waals surface area contributed by atoms with E-state index in [1.54, 1.807) is 6.26 Å². The SMILES string of the molecule is Cc1cc(C)n(Cc2ccc(C(=O)N3CCC[C@H]3c3ccco3)cc2)n1. The van der Waals surface area contributed by atoms with Gasteiger partial charge in [-0.1, -0.05) is 12.1 Å². The molecule has 5 heteroatoms. The van der Waals surface area contributed by atoms with Crippen molar-refractivity contribution < 1.29 is 9.21 Å². The number of amides is 1. The molecule has 3 heterocycles. The molecular formula is C21H23N3O2. The van der Waals surface area contributed by atoms with Gasteiger partial charge in [0.25, 0.3) is 5.91 Å². The number of furan rings is 1. The van der Waals surface area contributed by atoms with Gasteiger partial charge in [0.1, 0.15) is 5.76 Å². The second-order valence-electron chi connectivity index (χ2n) is 6.95. The van der Waals surface area contributed by atoms with E-state index in [0.29, 0.717) is 6.54 Å². The van der Waals surface area contributed by atoms with Gasteiger partial charge >= 0.3 is 0 Å². The normalized spacial score (nSPS) is 17.0. The standard InChI is InChI=1S/C21H23N3O2/c1-15-13-16(2)24(22-15)14-17-7-9-18(10-8-17)21(25)23-11-3-5-19(23)20-6-4-12-26-20/h4,6-10,12-13,19H,3,5,11,14H2,1-2H3/t19-/m0/s1. The van der Waals surface area contributed by atoms with Crippen molar-refractivity contribution in [3.8, 4) is 0 Å². The minimum Gasteiger partial charge on any atom is -0.467 e. The number of hydrogen-bond acceptors (Lipinski definition) is 3. The minimum atomic E-state index is 0.0480. The van der Waals surface area contributed by atoms with Gasteiger partial charge in [0.2, 0.25) is 0 Å². The molecule has 4 rings (SSSR count). The summed E-state index contributed by atoms with van der Waals surface area (Å²) in [5.74, 6) is 0.943. The number of aryl methyl sites for hydroxylation is 2. The summed E-state index contributed by atoms with van der Waals surface area (Å²) in [6, 6.07) is 13.8. The molecule has 134 valence electrons. The lowest BCUT2D eigenvalue weighted by molar-refractivity contribution is 0.0720. The molecule has 1 fully saturated rings. The summed E-state index contributed by atoms with van der Waals surface area (Å²) in [6.45, 7) is 5.54. The number of likely N-dealkylation sites (tertiary alicyclic amines) is 1. The van der Waals surface area contributed by atoms with Gasteiger partial charge in [-0.3, -0.25) is 9.48 Å². The van der Waals surface area contributed by atoms with Crippen LogP contribution in [0.1, 0.15) is 52.0 Å². The maximum absolute atomic E-state index is 12.9. The lowest BCUT2D eigenvalue weighted by Crippen LogP contribution is -2.30. The maximum Gasteiger partial charge on any atom is 0.254 e. The fourth-order valence-corrected chi connectivity index (χ4v) is 3.71.